The summed E-state index contributed by atoms with van der Waals surface area (Å²) in [4.78, 5) is 24.2. The molecule has 0 aliphatic rings. The molecule has 0 saturated heterocycles. The Hall–Kier alpha value is -3.91. The Labute approximate surface area is 191 Å². The minimum atomic E-state index is -0.449. The quantitative estimate of drug-likeness (QED) is 0.378. The van der Waals surface area contributed by atoms with Crippen molar-refractivity contribution in [1.29, 1.82) is 0 Å². The molecule has 0 fully saturated rings. The van der Waals surface area contributed by atoms with E-state index in [1.165, 1.54) is 0 Å². The van der Waals surface area contributed by atoms with Crippen LogP contribution in [0.3, 0.4) is 0 Å². The number of benzene rings is 3. The molecule has 0 unspecified atom stereocenters. The van der Waals surface area contributed by atoms with Crippen LogP contribution in [0.15, 0.2) is 78.9 Å². The summed E-state index contributed by atoms with van der Waals surface area (Å²) in [5, 5.41) is 2.45. The molecule has 3 aromatic rings. The first-order valence-electron chi connectivity index (χ1n) is 9.96. The highest BCUT2D eigenvalue weighted by Gasteiger charge is 2.09. The van der Waals surface area contributed by atoms with Crippen LogP contribution in [0.25, 0.3) is 11.1 Å². The summed E-state index contributed by atoms with van der Waals surface area (Å²) in [5.41, 5.74) is 7.42. The highest BCUT2D eigenvalue weighted by molar-refractivity contribution is 7.80. The lowest BCUT2D eigenvalue weighted by Crippen LogP contribution is -2.49. The minimum Gasteiger partial charge on any atom is -0.494 e. The maximum Gasteiger partial charge on any atom is 0.276 e. The lowest BCUT2D eigenvalue weighted by atomic mass is 10.1. The molecule has 164 valence electrons. The fraction of sp³-hybridized carbons (Fsp3) is 0.125. The first-order chi connectivity index (χ1) is 15.5. The molecule has 0 saturated carbocycles. The molecule has 0 aromatic heterocycles. The normalized spacial score (nSPS) is 10.0. The van der Waals surface area contributed by atoms with Crippen molar-refractivity contribution in [1.82, 2.24) is 16.2 Å². The smallest absolute Gasteiger partial charge is 0.276 e. The van der Waals surface area contributed by atoms with E-state index in [1.807, 2.05) is 49.4 Å². The molecule has 0 bridgehead atoms. The van der Waals surface area contributed by atoms with Crippen LogP contribution in [0.5, 0.6) is 11.5 Å². The summed E-state index contributed by atoms with van der Waals surface area (Å²) in [6.45, 7) is 2.21. The topological polar surface area (TPSA) is 88.7 Å². The van der Waals surface area contributed by atoms with E-state index in [4.69, 9.17) is 21.7 Å². The molecule has 2 amide bonds. The largest absolute Gasteiger partial charge is 0.494 e. The Morgan fingerprint density at radius 2 is 1.38 bits per heavy atom. The summed E-state index contributed by atoms with van der Waals surface area (Å²) in [7, 11) is 0. The fourth-order valence-electron chi connectivity index (χ4n) is 2.76. The Kier molecular flexibility index (Phi) is 8.16. The third-order valence-electron chi connectivity index (χ3n) is 4.30. The predicted octanol–water partition coefficient (Wildman–Crippen LogP) is 3.47. The maximum absolute atomic E-state index is 12.2. The van der Waals surface area contributed by atoms with Crippen molar-refractivity contribution < 1.29 is 19.1 Å². The van der Waals surface area contributed by atoms with Gasteiger partial charge in [-0.05, 0) is 66.7 Å². The van der Waals surface area contributed by atoms with Gasteiger partial charge in [-0.2, -0.15) is 0 Å². The van der Waals surface area contributed by atoms with Crippen molar-refractivity contribution in [2.75, 3.05) is 13.2 Å². The second-order valence-electron chi connectivity index (χ2n) is 6.59. The van der Waals surface area contributed by atoms with Gasteiger partial charge in [0.1, 0.15) is 11.5 Å². The van der Waals surface area contributed by atoms with Crippen LogP contribution in [0.4, 0.5) is 0 Å². The minimum absolute atomic E-state index is 0.0375. The van der Waals surface area contributed by atoms with Crippen molar-refractivity contribution in [3.8, 4) is 22.6 Å². The van der Waals surface area contributed by atoms with Gasteiger partial charge in [0.15, 0.2) is 11.7 Å². The number of carbonyl (C=O) groups excluding carboxylic acids is 2. The van der Waals surface area contributed by atoms with Gasteiger partial charge in [0.05, 0.1) is 6.61 Å². The van der Waals surface area contributed by atoms with Crippen LogP contribution in [0, 0.1) is 0 Å². The van der Waals surface area contributed by atoms with E-state index in [2.05, 4.69) is 16.2 Å². The van der Waals surface area contributed by atoms with E-state index in [-0.39, 0.29) is 11.7 Å². The lowest BCUT2D eigenvalue weighted by Gasteiger charge is -2.12. The van der Waals surface area contributed by atoms with Crippen LogP contribution in [0.2, 0.25) is 0 Å². The molecule has 7 nitrogen and oxygen atoms in total. The van der Waals surface area contributed by atoms with Crippen LogP contribution in [-0.4, -0.2) is 30.1 Å². The van der Waals surface area contributed by atoms with Gasteiger partial charge in [-0.1, -0.05) is 42.5 Å². The summed E-state index contributed by atoms with van der Waals surface area (Å²) < 4.78 is 10.8. The van der Waals surface area contributed by atoms with Crippen molar-refractivity contribution >= 4 is 29.1 Å². The SMILES string of the molecule is CCOc1ccc(C(=O)NC(=S)NNC(=O)COc2ccc(-c3ccccc3)cc2)cc1. The molecule has 0 spiro atoms. The van der Waals surface area contributed by atoms with Crippen molar-refractivity contribution in [3.05, 3.63) is 84.4 Å². The molecule has 3 aromatic carbocycles. The number of nitrogens with one attached hydrogen (secondary N) is 3. The molecule has 0 heterocycles. The lowest BCUT2D eigenvalue weighted by molar-refractivity contribution is -0.123. The van der Waals surface area contributed by atoms with E-state index in [1.54, 1.807) is 36.4 Å². The molecule has 3 N–H and O–H groups in total. The first kappa shape index (κ1) is 22.8. The second kappa shape index (κ2) is 11.5. The third kappa shape index (κ3) is 6.82. The van der Waals surface area contributed by atoms with Gasteiger partial charge >= 0.3 is 0 Å². The predicted molar refractivity (Wildman–Crippen MR) is 126 cm³/mol. The Balaban J connectivity index is 1.39. The van der Waals surface area contributed by atoms with E-state index in [0.29, 0.717) is 23.7 Å². The highest BCUT2D eigenvalue weighted by Crippen LogP contribution is 2.21. The van der Waals surface area contributed by atoms with Crippen molar-refractivity contribution in [2.24, 2.45) is 0 Å². The van der Waals surface area contributed by atoms with Gasteiger partial charge in [0.2, 0.25) is 0 Å². The molecule has 3 rings (SSSR count). The zero-order valence-corrected chi connectivity index (χ0v) is 18.3. The number of amides is 2. The number of hydrogen-bond donors (Lipinski definition) is 3. The van der Waals surface area contributed by atoms with Crippen LogP contribution in [-0.2, 0) is 4.79 Å². The molecule has 8 heteroatoms. The summed E-state index contributed by atoms with van der Waals surface area (Å²) in [6.07, 6.45) is 0. The van der Waals surface area contributed by atoms with E-state index >= 15 is 0 Å². The highest BCUT2D eigenvalue weighted by atomic mass is 32.1. The van der Waals surface area contributed by atoms with E-state index < -0.39 is 11.8 Å². The Bertz CT molecular complexity index is 1050. The monoisotopic (exact) mass is 449 g/mol. The fourth-order valence-corrected chi connectivity index (χ4v) is 2.91. The molecule has 0 atom stereocenters. The van der Waals surface area contributed by atoms with Crippen molar-refractivity contribution in [3.63, 3.8) is 0 Å². The number of thiocarbonyl (C=S) groups is 1. The van der Waals surface area contributed by atoms with Crippen LogP contribution >= 0.6 is 12.2 Å². The maximum atomic E-state index is 12.2. The second-order valence-corrected chi connectivity index (χ2v) is 7.00. The van der Waals surface area contributed by atoms with Gasteiger partial charge in [-0.25, -0.2) is 0 Å². The van der Waals surface area contributed by atoms with Gasteiger partial charge in [-0.3, -0.25) is 25.8 Å². The van der Waals surface area contributed by atoms with Gasteiger partial charge in [0, 0.05) is 5.56 Å². The number of ether oxygens (including phenoxy) is 2. The number of carbonyl (C=O) groups is 2. The Morgan fingerprint density at radius 3 is 2.03 bits per heavy atom. The van der Waals surface area contributed by atoms with E-state index in [0.717, 1.165) is 11.1 Å². The van der Waals surface area contributed by atoms with Gasteiger partial charge < -0.3 is 9.47 Å². The average Bonchev–Trinajstić information content (AvgIpc) is 2.83. The van der Waals surface area contributed by atoms with Crippen molar-refractivity contribution in [2.45, 2.75) is 6.92 Å². The summed E-state index contributed by atoms with van der Waals surface area (Å²) in [6, 6.07) is 24.0. The summed E-state index contributed by atoms with van der Waals surface area (Å²) in [5.74, 6) is 0.377. The standard InChI is InChI=1S/C24H23N3O4S/c1-2-30-20-14-10-19(11-15-20)23(29)25-24(32)27-26-22(28)16-31-21-12-8-18(9-13-21)17-6-4-3-5-7-17/h3-15H,2,16H2,1H3,(H,26,28)(H2,25,27,29,32). The first-order valence-corrected chi connectivity index (χ1v) is 10.4. The molecule has 0 aliphatic carbocycles. The Morgan fingerprint density at radius 1 is 0.781 bits per heavy atom. The van der Waals surface area contributed by atoms with Gasteiger partial charge in [0.25, 0.3) is 11.8 Å². The molecule has 0 aliphatic heterocycles. The molecular weight excluding hydrogens is 426 g/mol. The van der Waals surface area contributed by atoms with Crippen LogP contribution in [0.1, 0.15) is 17.3 Å². The van der Waals surface area contributed by atoms with Crippen LogP contribution < -0.4 is 25.6 Å². The molecule has 0 radical (unpaired) electrons. The number of hydrogen-bond acceptors (Lipinski definition) is 5. The third-order valence-corrected chi connectivity index (χ3v) is 4.51. The van der Waals surface area contributed by atoms with Gasteiger partial charge in [-0.15, -0.1) is 0 Å². The van der Waals surface area contributed by atoms with E-state index in [9.17, 15) is 9.59 Å². The average molecular weight is 450 g/mol. The number of rotatable bonds is 7. The number of hydrazine groups is 1. The zero-order chi connectivity index (χ0) is 22.8. The zero-order valence-electron chi connectivity index (χ0n) is 17.5. The summed E-state index contributed by atoms with van der Waals surface area (Å²) >= 11 is 5.03. The molecule has 32 heavy (non-hydrogen) atoms. The molecular formula is C24H23N3O4S.